The first-order valence-electron chi connectivity index (χ1n) is 9.63. The van der Waals surface area contributed by atoms with Crippen molar-refractivity contribution < 1.29 is 32.4 Å². The van der Waals surface area contributed by atoms with E-state index < -0.39 is 33.7 Å². The molecule has 27 heavy (non-hydrogen) atoms. The van der Waals surface area contributed by atoms with Crippen molar-refractivity contribution in [1.29, 1.82) is 0 Å². The number of hydrogen-bond acceptors (Lipinski definition) is 5. The van der Waals surface area contributed by atoms with Crippen LogP contribution in [-0.4, -0.2) is 93.3 Å². The summed E-state index contributed by atoms with van der Waals surface area (Å²) in [5.41, 5.74) is 0. The molecule has 0 aromatic carbocycles. The summed E-state index contributed by atoms with van der Waals surface area (Å²) in [6, 6.07) is 0. The van der Waals surface area contributed by atoms with Gasteiger partial charge in [0, 0.05) is 0 Å². The first-order chi connectivity index (χ1) is 12.3. The number of rotatable bonds is 17. The van der Waals surface area contributed by atoms with E-state index in [1.807, 2.05) is 0 Å². The van der Waals surface area contributed by atoms with Gasteiger partial charge in [-0.1, -0.05) is 77.6 Å². The second-order valence-electron chi connectivity index (χ2n) is 6.66. The topological polar surface area (TPSA) is 118 Å². The minimum atomic E-state index is -4.78. The number of carbonyl (C=O) groups is 2. The average molecular weight is 435 g/mol. The summed E-state index contributed by atoms with van der Waals surface area (Å²) in [6.45, 7) is 2.24. The molecule has 0 radical (unpaired) electrons. The van der Waals surface area contributed by atoms with Crippen molar-refractivity contribution in [3.63, 3.8) is 0 Å². The van der Waals surface area contributed by atoms with Gasteiger partial charge in [0.25, 0.3) is 10.1 Å². The predicted octanol–water partition coefficient (Wildman–Crippen LogP) is 3.31. The molecule has 2 N–H and O–H groups in total. The van der Waals surface area contributed by atoms with Gasteiger partial charge < -0.3 is 9.84 Å². The van der Waals surface area contributed by atoms with Crippen LogP contribution in [0.5, 0.6) is 0 Å². The molecule has 0 amide bonds. The molecule has 0 aliphatic rings. The standard InChI is InChI=1S/C18H34O7S.K.H/c1-2-3-4-5-6-7-8-9-10-11-12-13-14-25-18(21)16(15-17(19)20)26(22,23)24;;/h16H,2-15H2,1H3,(H,19,20)(H,22,23,24);;. The molecular formula is C18H35KO7S. The van der Waals surface area contributed by atoms with E-state index in [4.69, 9.17) is 14.4 Å². The molecule has 0 saturated heterocycles. The van der Waals surface area contributed by atoms with E-state index in [9.17, 15) is 18.0 Å². The molecule has 1 atom stereocenters. The number of hydrogen-bond donors (Lipinski definition) is 2. The molecule has 0 aliphatic heterocycles. The van der Waals surface area contributed by atoms with Crippen molar-refractivity contribution in [3.8, 4) is 0 Å². The van der Waals surface area contributed by atoms with Gasteiger partial charge in [0.2, 0.25) is 0 Å². The average Bonchev–Trinajstić information content (AvgIpc) is 2.55. The summed E-state index contributed by atoms with van der Waals surface area (Å²) < 4.78 is 35.8. The Morgan fingerprint density at radius 2 is 1.26 bits per heavy atom. The third-order valence-electron chi connectivity index (χ3n) is 4.22. The van der Waals surface area contributed by atoms with Crippen molar-refractivity contribution in [2.45, 2.75) is 95.6 Å². The molecule has 7 nitrogen and oxygen atoms in total. The van der Waals surface area contributed by atoms with Crippen LogP contribution in [0.1, 0.15) is 90.4 Å². The van der Waals surface area contributed by atoms with Gasteiger partial charge in [-0.25, -0.2) is 0 Å². The SMILES string of the molecule is CCCCCCCCCCCCCCOC(=O)C(CC(=O)O)S(=O)(=O)O.[KH]. The molecule has 0 saturated carbocycles. The molecular weight excluding hydrogens is 399 g/mol. The van der Waals surface area contributed by atoms with Crippen molar-refractivity contribution in [2.24, 2.45) is 0 Å². The van der Waals surface area contributed by atoms with Crippen LogP contribution in [0.4, 0.5) is 0 Å². The molecule has 0 rings (SSSR count). The van der Waals surface area contributed by atoms with E-state index in [2.05, 4.69) is 6.92 Å². The van der Waals surface area contributed by atoms with Gasteiger partial charge in [0.1, 0.15) is 0 Å². The normalized spacial score (nSPS) is 12.2. The Morgan fingerprint density at radius 1 is 0.852 bits per heavy atom. The van der Waals surface area contributed by atoms with E-state index in [0.29, 0.717) is 6.42 Å². The Kier molecular flexibility index (Phi) is 20.4. The first-order valence-corrected chi connectivity index (χ1v) is 11.1. The number of carboxylic acid groups (broad SMARTS) is 1. The van der Waals surface area contributed by atoms with Crippen LogP contribution >= 0.6 is 0 Å². The zero-order valence-electron chi connectivity index (χ0n) is 15.8. The van der Waals surface area contributed by atoms with Crippen molar-refractivity contribution in [3.05, 3.63) is 0 Å². The second kappa shape index (κ2) is 18.5. The Hall–Kier alpha value is 0.486. The van der Waals surface area contributed by atoms with Gasteiger partial charge in [0.15, 0.2) is 5.25 Å². The van der Waals surface area contributed by atoms with Gasteiger partial charge in [-0.05, 0) is 6.42 Å². The van der Waals surface area contributed by atoms with Crippen LogP contribution in [0.15, 0.2) is 0 Å². The Labute approximate surface area is 206 Å². The molecule has 1 unspecified atom stereocenters. The third-order valence-corrected chi connectivity index (χ3v) is 5.30. The molecule has 0 heterocycles. The zero-order chi connectivity index (χ0) is 19.8. The molecule has 0 fully saturated rings. The number of unbranched alkanes of at least 4 members (excludes halogenated alkanes) is 11. The van der Waals surface area contributed by atoms with Gasteiger partial charge in [-0.15, -0.1) is 0 Å². The molecule has 0 bridgehead atoms. The van der Waals surface area contributed by atoms with Crippen LogP contribution in [0, 0.1) is 0 Å². The maximum atomic E-state index is 11.6. The molecule has 0 spiro atoms. The van der Waals surface area contributed by atoms with Gasteiger partial charge in [-0.2, -0.15) is 8.42 Å². The minimum absolute atomic E-state index is 0. The number of carboxylic acids is 1. The Bertz CT molecular complexity index is 494. The quantitative estimate of drug-likeness (QED) is 0.156. The van der Waals surface area contributed by atoms with Crippen LogP contribution in [0.2, 0.25) is 0 Å². The maximum absolute atomic E-state index is 11.6. The van der Waals surface area contributed by atoms with Gasteiger partial charge in [-0.3, -0.25) is 14.1 Å². The third kappa shape index (κ3) is 18.3. The number of ether oxygens (including phenoxy) is 1. The molecule has 0 aliphatic carbocycles. The number of carbonyl (C=O) groups excluding carboxylic acids is 1. The van der Waals surface area contributed by atoms with Crippen molar-refractivity contribution in [1.82, 2.24) is 0 Å². The van der Waals surface area contributed by atoms with Gasteiger partial charge in [0.05, 0.1) is 13.0 Å². The van der Waals surface area contributed by atoms with E-state index in [1.54, 1.807) is 0 Å². The fourth-order valence-electron chi connectivity index (χ4n) is 2.68. The van der Waals surface area contributed by atoms with Crippen LogP contribution in [-0.2, 0) is 24.4 Å². The van der Waals surface area contributed by atoms with Crippen LogP contribution in [0.3, 0.4) is 0 Å². The fourth-order valence-corrected chi connectivity index (χ4v) is 3.34. The van der Waals surface area contributed by atoms with Crippen molar-refractivity contribution in [2.75, 3.05) is 6.61 Å². The van der Waals surface area contributed by atoms with E-state index in [1.165, 1.54) is 51.4 Å². The van der Waals surface area contributed by atoms with E-state index >= 15 is 0 Å². The van der Waals surface area contributed by atoms with Crippen LogP contribution in [0.25, 0.3) is 0 Å². The Morgan fingerprint density at radius 3 is 1.63 bits per heavy atom. The summed E-state index contributed by atoms with van der Waals surface area (Å²) in [4.78, 5) is 22.2. The van der Waals surface area contributed by atoms with E-state index in [-0.39, 0.29) is 58.0 Å². The van der Waals surface area contributed by atoms with Crippen LogP contribution < -0.4 is 0 Å². The fraction of sp³-hybridized carbons (Fsp3) is 0.889. The molecule has 0 aromatic heterocycles. The monoisotopic (exact) mass is 434 g/mol. The second-order valence-corrected chi connectivity index (χ2v) is 8.26. The first kappa shape index (κ1) is 29.7. The number of aliphatic carboxylic acids is 1. The zero-order valence-corrected chi connectivity index (χ0v) is 16.6. The molecule has 0 aromatic rings. The summed E-state index contributed by atoms with van der Waals surface area (Å²) in [5, 5.41) is 6.54. The van der Waals surface area contributed by atoms with Crippen molar-refractivity contribution >= 4 is 73.4 Å². The summed E-state index contributed by atoms with van der Waals surface area (Å²) in [6.07, 6.45) is 12.9. The summed E-state index contributed by atoms with van der Waals surface area (Å²) >= 11 is 0. The summed E-state index contributed by atoms with van der Waals surface area (Å²) in [7, 11) is -4.78. The Balaban J connectivity index is 0. The van der Waals surface area contributed by atoms with Gasteiger partial charge >= 0.3 is 63.3 Å². The predicted molar refractivity (Wildman–Crippen MR) is 107 cm³/mol. The summed E-state index contributed by atoms with van der Waals surface area (Å²) in [5.74, 6) is -2.70. The molecule has 156 valence electrons. The van der Waals surface area contributed by atoms with E-state index in [0.717, 1.165) is 19.3 Å². The number of esters is 1. The molecule has 9 heteroatoms.